The molecule has 0 unspecified atom stereocenters. The number of hydrogen-bond acceptors (Lipinski definition) is 6. The van der Waals surface area contributed by atoms with Gasteiger partial charge in [0.05, 0.1) is 24.6 Å². The van der Waals surface area contributed by atoms with Crippen LogP contribution in [0.5, 0.6) is 11.6 Å². The molecule has 10 heteroatoms. The number of nitrogens with two attached hydrogens (primary N) is 1. The summed E-state index contributed by atoms with van der Waals surface area (Å²) in [5.41, 5.74) is 6.66. The largest absolute Gasteiger partial charge is 0.491 e. The van der Waals surface area contributed by atoms with Crippen molar-refractivity contribution in [3.63, 3.8) is 0 Å². The van der Waals surface area contributed by atoms with Gasteiger partial charge in [-0.1, -0.05) is 0 Å². The minimum Gasteiger partial charge on any atom is -0.491 e. The maximum atomic E-state index is 12.2. The average molecular weight is 356 g/mol. The van der Waals surface area contributed by atoms with Crippen LogP contribution in [0.15, 0.2) is 30.7 Å². The summed E-state index contributed by atoms with van der Waals surface area (Å²) in [5.74, 6) is -0.677. The molecule has 2 aromatic rings. The zero-order chi connectivity index (χ0) is 18.4. The number of alkyl halides is 3. The molecule has 0 aliphatic heterocycles. The van der Waals surface area contributed by atoms with Crippen molar-refractivity contribution in [3.8, 4) is 11.6 Å². The van der Waals surface area contributed by atoms with Crippen LogP contribution in [0.25, 0.3) is 0 Å². The second kappa shape index (κ2) is 7.69. The van der Waals surface area contributed by atoms with E-state index in [1.165, 1.54) is 37.8 Å². The van der Waals surface area contributed by atoms with Crippen molar-refractivity contribution in [1.82, 2.24) is 15.3 Å². The first-order chi connectivity index (χ1) is 11.8. The summed E-state index contributed by atoms with van der Waals surface area (Å²) in [6.45, 7) is -1.41. The molecule has 7 nitrogen and oxygen atoms in total. The molecule has 3 N–H and O–H groups in total. The molecule has 0 spiro atoms. The van der Waals surface area contributed by atoms with Crippen LogP contribution < -0.4 is 20.5 Å². The van der Waals surface area contributed by atoms with E-state index >= 15 is 0 Å². The summed E-state index contributed by atoms with van der Waals surface area (Å²) in [5, 5.41) is 2.62. The van der Waals surface area contributed by atoms with Crippen LogP contribution in [-0.4, -0.2) is 35.8 Å². The number of hydrogen-bond donors (Lipinski definition) is 2. The van der Waals surface area contributed by atoms with E-state index in [0.29, 0.717) is 5.56 Å². The van der Waals surface area contributed by atoms with Crippen LogP contribution in [0.4, 0.5) is 18.9 Å². The number of amides is 1. The molecule has 2 rings (SSSR count). The van der Waals surface area contributed by atoms with E-state index in [1.807, 2.05) is 0 Å². The minimum absolute atomic E-state index is 0.0272. The molecule has 0 aromatic carbocycles. The lowest BCUT2D eigenvalue weighted by Gasteiger charge is -2.13. The number of anilines is 1. The minimum atomic E-state index is -4.48. The summed E-state index contributed by atoms with van der Waals surface area (Å²) >= 11 is 0. The summed E-state index contributed by atoms with van der Waals surface area (Å²) < 4.78 is 46.2. The molecule has 0 fully saturated rings. The number of nitrogen functional groups attached to an aromatic ring is 1. The van der Waals surface area contributed by atoms with Crippen molar-refractivity contribution in [2.45, 2.75) is 12.7 Å². The Kier molecular flexibility index (Phi) is 5.63. The van der Waals surface area contributed by atoms with Gasteiger partial charge in [0.1, 0.15) is 0 Å². The standard InChI is InChI=1S/C15H15F3N4O3/c1-24-12-4-9(6-22-14(12)25-8-15(16,17)18)5-21-13(23)10-2-3-20-7-11(10)19/h2-4,6-7H,5,8,19H2,1H3,(H,21,23). The van der Waals surface area contributed by atoms with E-state index < -0.39 is 18.7 Å². The van der Waals surface area contributed by atoms with E-state index in [0.717, 1.165) is 0 Å². The molecule has 0 aliphatic rings. The fraction of sp³-hybridized carbons (Fsp3) is 0.267. The lowest BCUT2D eigenvalue weighted by Crippen LogP contribution is -2.24. The quantitative estimate of drug-likeness (QED) is 0.821. The van der Waals surface area contributed by atoms with Crippen molar-refractivity contribution >= 4 is 11.6 Å². The van der Waals surface area contributed by atoms with Gasteiger partial charge in [-0.05, 0) is 17.7 Å². The summed E-state index contributed by atoms with van der Waals surface area (Å²) in [4.78, 5) is 19.6. The number of pyridine rings is 2. The highest BCUT2D eigenvalue weighted by atomic mass is 19.4. The first-order valence-corrected chi connectivity index (χ1v) is 7.00. The van der Waals surface area contributed by atoms with Crippen molar-refractivity contribution in [2.75, 3.05) is 19.5 Å². The second-order valence-electron chi connectivity index (χ2n) is 4.90. The Morgan fingerprint density at radius 2 is 2.12 bits per heavy atom. The van der Waals surface area contributed by atoms with Gasteiger partial charge in [-0.2, -0.15) is 13.2 Å². The van der Waals surface area contributed by atoms with Crippen LogP contribution in [0.1, 0.15) is 15.9 Å². The molecule has 0 aliphatic carbocycles. The molecule has 0 saturated heterocycles. The predicted molar refractivity (Wildman–Crippen MR) is 82.2 cm³/mol. The smallest absolute Gasteiger partial charge is 0.422 e. The lowest BCUT2D eigenvalue weighted by molar-refractivity contribution is -0.154. The molecule has 0 bridgehead atoms. The van der Waals surface area contributed by atoms with Crippen molar-refractivity contribution in [3.05, 3.63) is 41.9 Å². The zero-order valence-electron chi connectivity index (χ0n) is 13.1. The van der Waals surface area contributed by atoms with Crippen molar-refractivity contribution in [1.29, 1.82) is 0 Å². The fourth-order valence-corrected chi connectivity index (χ4v) is 1.87. The van der Waals surface area contributed by atoms with Gasteiger partial charge in [0.2, 0.25) is 0 Å². The Morgan fingerprint density at radius 1 is 1.36 bits per heavy atom. The van der Waals surface area contributed by atoms with Crippen molar-refractivity contribution < 1.29 is 27.4 Å². The number of ether oxygens (including phenoxy) is 2. The number of carbonyl (C=O) groups is 1. The molecular formula is C15H15F3N4O3. The van der Waals surface area contributed by atoms with Crippen LogP contribution in [0, 0.1) is 0 Å². The van der Waals surface area contributed by atoms with E-state index in [-0.39, 0.29) is 29.4 Å². The number of aromatic nitrogens is 2. The van der Waals surface area contributed by atoms with E-state index in [2.05, 4.69) is 20.0 Å². The van der Waals surface area contributed by atoms with Gasteiger partial charge in [-0.3, -0.25) is 9.78 Å². The van der Waals surface area contributed by atoms with E-state index in [9.17, 15) is 18.0 Å². The molecule has 0 saturated carbocycles. The summed E-state index contributed by atoms with van der Waals surface area (Å²) in [6.07, 6.45) is -0.414. The van der Waals surface area contributed by atoms with Gasteiger partial charge in [-0.25, -0.2) is 4.98 Å². The number of nitrogens with one attached hydrogen (secondary N) is 1. The molecule has 2 heterocycles. The third kappa shape index (κ3) is 5.23. The van der Waals surface area contributed by atoms with Gasteiger partial charge in [0.25, 0.3) is 11.8 Å². The topological polar surface area (TPSA) is 99.4 Å². The Balaban J connectivity index is 2.03. The fourth-order valence-electron chi connectivity index (χ4n) is 1.87. The van der Waals surface area contributed by atoms with Crippen LogP contribution >= 0.6 is 0 Å². The number of carbonyl (C=O) groups excluding carboxylic acids is 1. The Morgan fingerprint density at radius 3 is 2.76 bits per heavy atom. The Labute approximate surface area is 141 Å². The highest BCUT2D eigenvalue weighted by molar-refractivity contribution is 5.98. The average Bonchev–Trinajstić information content (AvgIpc) is 2.57. The third-order valence-corrected chi connectivity index (χ3v) is 3.02. The molecule has 2 aromatic heterocycles. The number of rotatable bonds is 6. The van der Waals surface area contributed by atoms with Gasteiger partial charge in [0, 0.05) is 18.9 Å². The highest BCUT2D eigenvalue weighted by Gasteiger charge is 2.29. The van der Waals surface area contributed by atoms with Crippen LogP contribution in [-0.2, 0) is 6.54 Å². The first-order valence-electron chi connectivity index (χ1n) is 7.00. The number of methoxy groups -OCH3 is 1. The Bertz CT molecular complexity index is 753. The Hall–Kier alpha value is -3.04. The van der Waals surface area contributed by atoms with Gasteiger partial charge in [0.15, 0.2) is 12.4 Å². The first kappa shape index (κ1) is 18.3. The second-order valence-corrected chi connectivity index (χ2v) is 4.90. The maximum absolute atomic E-state index is 12.2. The zero-order valence-corrected chi connectivity index (χ0v) is 13.1. The maximum Gasteiger partial charge on any atom is 0.422 e. The van der Waals surface area contributed by atoms with Crippen LogP contribution in [0.2, 0.25) is 0 Å². The summed E-state index contributed by atoms with van der Waals surface area (Å²) in [6, 6.07) is 2.90. The SMILES string of the molecule is COc1cc(CNC(=O)c2ccncc2N)cnc1OCC(F)(F)F. The molecule has 0 atom stereocenters. The van der Waals surface area contributed by atoms with Gasteiger partial charge >= 0.3 is 6.18 Å². The van der Waals surface area contributed by atoms with Crippen molar-refractivity contribution in [2.24, 2.45) is 0 Å². The lowest BCUT2D eigenvalue weighted by atomic mass is 10.2. The normalized spacial score (nSPS) is 11.0. The number of nitrogens with zero attached hydrogens (tertiary/aromatic N) is 2. The van der Waals surface area contributed by atoms with Crippen LogP contribution in [0.3, 0.4) is 0 Å². The highest BCUT2D eigenvalue weighted by Crippen LogP contribution is 2.27. The van der Waals surface area contributed by atoms with Gasteiger partial charge < -0.3 is 20.5 Å². The molecule has 0 radical (unpaired) electrons. The number of halogens is 3. The predicted octanol–water partition coefficient (Wildman–Crippen LogP) is 1.94. The molecule has 134 valence electrons. The monoisotopic (exact) mass is 356 g/mol. The van der Waals surface area contributed by atoms with Gasteiger partial charge in [-0.15, -0.1) is 0 Å². The third-order valence-electron chi connectivity index (χ3n) is 3.02. The van der Waals surface area contributed by atoms with E-state index in [1.54, 1.807) is 0 Å². The molecular weight excluding hydrogens is 341 g/mol. The molecule has 1 amide bonds. The molecule has 25 heavy (non-hydrogen) atoms. The van der Waals surface area contributed by atoms with E-state index in [4.69, 9.17) is 10.5 Å². The summed E-state index contributed by atoms with van der Waals surface area (Å²) in [7, 11) is 1.28.